The molecular formula is C13H23N3O. The predicted molar refractivity (Wildman–Crippen MR) is 70.6 cm³/mol. The molecule has 1 rings (SSSR count). The number of nitrogens with zero attached hydrogens (tertiary/aromatic N) is 2. The molecule has 1 aromatic heterocycles. The van der Waals surface area contributed by atoms with Crippen LogP contribution in [0.1, 0.15) is 45.4 Å². The van der Waals surface area contributed by atoms with Crippen molar-refractivity contribution < 1.29 is 4.74 Å². The summed E-state index contributed by atoms with van der Waals surface area (Å²) < 4.78 is 5.65. The first-order valence-corrected chi connectivity index (χ1v) is 6.48. The molecule has 17 heavy (non-hydrogen) atoms. The van der Waals surface area contributed by atoms with E-state index in [0.29, 0.717) is 5.88 Å². The van der Waals surface area contributed by atoms with Gasteiger partial charge in [-0.15, -0.1) is 0 Å². The second-order valence-electron chi connectivity index (χ2n) is 4.06. The van der Waals surface area contributed by atoms with Crippen molar-refractivity contribution in [3.05, 3.63) is 11.9 Å². The Bertz CT molecular complexity index is 328. The maximum Gasteiger partial charge on any atom is 0.218 e. The average molecular weight is 237 g/mol. The van der Waals surface area contributed by atoms with Gasteiger partial charge in [-0.25, -0.2) is 4.98 Å². The molecule has 0 radical (unpaired) electrons. The molecule has 0 aliphatic heterocycles. The molecule has 0 atom stereocenters. The van der Waals surface area contributed by atoms with Gasteiger partial charge in [-0.1, -0.05) is 26.7 Å². The smallest absolute Gasteiger partial charge is 0.218 e. The van der Waals surface area contributed by atoms with E-state index in [1.165, 1.54) is 12.8 Å². The van der Waals surface area contributed by atoms with Gasteiger partial charge in [0.25, 0.3) is 0 Å². The average Bonchev–Trinajstić information content (AvgIpc) is 2.35. The zero-order valence-electron chi connectivity index (χ0n) is 11.1. The summed E-state index contributed by atoms with van der Waals surface area (Å²) in [4.78, 5) is 8.78. The second kappa shape index (κ2) is 7.87. The summed E-state index contributed by atoms with van der Waals surface area (Å²) >= 11 is 0. The number of aryl methyl sites for hydroxylation is 1. The van der Waals surface area contributed by atoms with Crippen LogP contribution in [0.2, 0.25) is 0 Å². The maximum absolute atomic E-state index is 5.65. The van der Waals surface area contributed by atoms with Gasteiger partial charge in [-0.2, -0.15) is 4.98 Å². The minimum absolute atomic E-state index is 0.684. The number of hydrogen-bond acceptors (Lipinski definition) is 4. The van der Waals surface area contributed by atoms with E-state index in [9.17, 15) is 0 Å². The Hall–Kier alpha value is -1.32. The molecule has 0 bridgehead atoms. The van der Waals surface area contributed by atoms with Crippen LogP contribution in [-0.4, -0.2) is 23.6 Å². The molecule has 1 N–H and O–H groups in total. The summed E-state index contributed by atoms with van der Waals surface area (Å²) in [5.74, 6) is 2.36. The van der Waals surface area contributed by atoms with Crippen LogP contribution in [0.5, 0.6) is 5.88 Å². The lowest BCUT2D eigenvalue weighted by atomic mass is 10.3. The molecule has 1 heterocycles. The fraction of sp³-hybridized carbons (Fsp3) is 0.692. The summed E-state index contributed by atoms with van der Waals surface area (Å²) in [5, 5.41) is 3.04. The predicted octanol–water partition coefficient (Wildman–Crippen LogP) is 3.04. The Morgan fingerprint density at radius 1 is 1.18 bits per heavy atom. The van der Waals surface area contributed by atoms with Gasteiger partial charge in [0.15, 0.2) is 0 Å². The summed E-state index contributed by atoms with van der Waals surface area (Å²) in [5.41, 5.74) is 0. The van der Waals surface area contributed by atoms with Crippen molar-refractivity contribution >= 4 is 5.82 Å². The van der Waals surface area contributed by atoms with Gasteiger partial charge < -0.3 is 10.1 Å². The molecule has 0 unspecified atom stereocenters. The molecule has 96 valence electrons. The second-order valence-corrected chi connectivity index (χ2v) is 4.06. The van der Waals surface area contributed by atoms with Crippen molar-refractivity contribution in [2.24, 2.45) is 0 Å². The number of unbranched alkanes of at least 4 members (excludes halogenated alkanes) is 2. The Morgan fingerprint density at radius 2 is 2.00 bits per heavy atom. The number of aromatic nitrogens is 2. The molecule has 0 aromatic carbocycles. The van der Waals surface area contributed by atoms with Crippen LogP contribution in [0.4, 0.5) is 5.82 Å². The van der Waals surface area contributed by atoms with E-state index in [4.69, 9.17) is 4.74 Å². The summed E-state index contributed by atoms with van der Waals surface area (Å²) in [7, 11) is 1.86. The van der Waals surface area contributed by atoms with E-state index < -0.39 is 0 Å². The highest BCUT2D eigenvalue weighted by Gasteiger charge is 2.04. The highest BCUT2D eigenvalue weighted by Crippen LogP contribution is 2.14. The lowest BCUT2D eigenvalue weighted by molar-refractivity contribution is 0.293. The van der Waals surface area contributed by atoms with Gasteiger partial charge in [0, 0.05) is 19.5 Å². The monoisotopic (exact) mass is 237 g/mol. The Labute approximate surface area is 104 Å². The highest BCUT2D eigenvalue weighted by molar-refractivity contribution is 5.37. The topological polar surface area (TPSA) is 47.0 Å². The highest BCUT2D eigenvalue weighted by atomic mass is 16.5. The summed E-state index contributed by atoms with van der Waals surface area (Å²) in [6.45, 7) is 5.04. The quantitative estimate of drug-likeness (QED) is 0.706. The van der Waals surface area contributed by atoms with Gasteiger partial charge in [0.2, 0.25) is 5.88 Å². The maximum atomic E-state index is 5.65. The van der Waals surface area contributed by atoms with Gasteiger partial charge in [0.1, 0.15) is 11.6 Å². The van der Waals surface area contributed by atoms with Gasteiger partial charge in [0.05, 0.1) is 6.61 Å². The van der Waals surface area contributed by atoms with E-state index in [2.05, 4.69) is 29.1 Å². The van der Waals surface area contributed by atoms with Gasteiger partial charge >= 0.3 is 0 Å². The largest absolute Gasteiger partial charge is 0.478 e. The molecule has 4 nitrogen and oxygen atoms in total. The number of anilines is 1. The third-order valence-electron chi connectivity index (χ3n) is 2.48. The summed E-state index contributed by atoms with van der Waals surface area (Å²) in [6, 6.07) is 1.85. The standard InChI is InChI=1S/C13H23N3O/c1-4-6-7-9-17-13-10-12(14-3)15-11(16-13)8-5-2/h10H,4-9H2,1-3H3,(H,14,15,16). The molecule has 4 heteroatoms. The van der Waals surface area contributed by atoms with Crippen LogP contribution in [-0.2, 0) is 6.42 Å². The van der Waals surface area contributed by atoms with Crippen molar-refractivity contribution in [2.45, 2.75) is 46.0 Å². The molecule has 0 spiro atoms. The first-order chi connectivity index (χ1) is 8.30. The molecule has 0 aliphatic rings. The normalized spacial score (nSPS) is 10.3. The molecular weight excluding hydrogens is 214 g/mol. The van der Waals surface area contributed by atoms with Crippen LogP contribution in [0, 0.1) is 0 Å². The van der Waals surface area contributed by atoms with Crippen LogP contribution >= 0.6 is 0 Å². The molecule has 0 saturated heterocycles. The van der Waals surface area contributed by atoms with Crippen molar-refractivity contribution in [1.82, 2.24) is 9.97 Å². The van der Waals surface area contributed by atoms with Gasteiger partial charge in [-0.05, 0) is 12.8 Å². The van der Waals surface area contributed by atoms with Crippen LogP contribution < -0.4 is 10.1 Å². The van der Waals surface area contributed by atoms with Crippen molar-refractivity contribution in [3.8, 4) is 5.88 Å². The lowest BCUT2D eigenvalue weighted by Gasteiger charge is -2.08. The SMILES string of the molecule is CCCCCOc1cc(NC)nc(CCC)n1. The number of rotatable bonds is 8. The molecule has 0 amide bonds. The molecule has 0 aliphatic carbocycles. The summed E-state index contributed by atoms with van der Waals surface area (Å²) in [6.07, 6.45) is 5.42. The minimum atomic E-state index is 0.684. The van der Waals surface area contributed by atoms with Crippen LogP contribution in [0.3, 0.4) is 0 Å². The zero-order chi connectivity index (χ0) is 12.5. The third kappa shape index (κ3) is 5.02. The van der Waals surface area contributed by atoms with E-state index in [-0.39, 0.29) is 0 Å². The number of hydrogen-bond donors (Lipinski definition) is 1. The molecule has 0 fully saturated rings. The lowest BCUT2D eigenvalue weighted by Crippen LogP contribution is -2.05. The Morgan fingerprint density at radius 3 is 2.65 bits per heavy atom. The Kier molecular flexibility index (Phi) is 6.37. The van der Waals surface area contributed by atoms with Crippen molar-refractivity contribution in [3.63, 3.8) is 0 Å². The Balaban J connectivity index is 2.59. The van der Waals surface area contributed by atoms with Crippen LogP contribution in [0.15, 0.2) is 6.07 Å². The van der Waals surface area contributed by atoms with E-state index >= 15 is 0 Å². The van der Waals surface area contributed by atoms with E-state index in [1.54, 1.807) is 0 Å². The first kappa shape index (κ1) is 13.7. The zero-order valence-corrected chi connectivity index (χ0v) is 11.1. The first-order valence-electron chi connectivity index (χ1n) is 6.48. The van der Waals surface area contributed by atoms with Crippen LogP contribution in [0.25, 0.3) is 0 Å². The van der Waals surface area contributed by atoms with Crippen molar-refractivity contribution in [2.75, 3.05) is 19.0 Å². The number of nitrogens with one attached hydrogen (secondary N) is 1. The van der Waals surface area contributed by atoms with Gasteiger partial charge in [-0.3, -0.25) is 0 Å². The fourth-order valence-electron chi connectivity index (χ4n) is 1.54. The fourth-order valence-corrected chi connectivity index (χ4v) is 1.54. The molecule has 1 aromatic rings. The minimum Gasteiger partial charge on any atom is -0.478 e. The number of ether oxygens (including phenoxy) is 1. The van der Waals surface area contributed by atoms with Crippen molar-refractivity contribution in [1.29, 1.82) is 0 Å². The molecule has 0 saturated carbocycles. The van der Waals surface area contributed by atoms with E-state index in [0.717, 1.165) is 37.5 Å². The van der Waals surface area contributed by atoms with E-state index in [1.807, 2.05) is 13.1 Å². The third-order valence-corrected chi connectivity index (χ3v) is 2.48.